The van der Waals surface area contributed by atoms with Crippen molar-refractivity contribution in [2.45, 2.75) is 6.54 Å². The number of hydrogen-bond acceptors (Lipinski definition) is 5. The summed E-state index contributed by atoms with van der Waals surface area (Å²) in [4.78, 5) is 17.9. The molecule has 2 rings (SSSR count). The lowest BCUT2D eigenvalue weighted by atomic mass is 10.2. The Labute approximate surface area is 125 Å². The third-order valence-electron chi connectivity index (χ3n) is 2.83. The minimum absolute atomic E-state index is 0.168. The molecule has 0 saturated heterocycles. The van der Waals surface area contributed by atoms with Crippen LogP contribution in [0.25, 0.3) is 0 Å². The third kappa shape index (κ3) is 3.16. The molecule has 2 aromatic heterocycles. The van der Waals surface area contributed by atoms with E-state index in [4.69, 9.17) is 0 Å². The summed E-state index contributed by atoms with van der Waals surface area (Å²) in [5.41, 5.74) is 1.59. The predicted molar refractivity (Wildman–Crippen MR) is 83.1 cm³/mol. The highest BCUT2D eigenvalue weighted by molar-refractivity contribution is 9.10. The molecule has 0 aliphatic heterocycles. The Morgan fingerprint density at radius 1 is 1.45 bits per heavy atom. The van der Waals surface area contributed by atoms with E-state index in [2.05, 4.69) is 31.3 Å². The number of halogens is 1. The van der Waals surface area contributed by atoms with Crippen LogP contribution in [0, 0.1) is 0 Å². The van der Waals surface area contributed by atoms with E-state index in [-0.39, 0.29) is 5.56 Å². The molecular formula is C13H16BrN5O. The van der Waals surface area contributed by atoms with Gasteiger partial charge in [0.25, 0.3) is 5.56 Å². The van der Waals surface area contributed by atoms with Crippen LogP contribution in [0.2, 0.25) is 0 Å². The van der Waals surface area contributed by atoms with E-state index in [1.54, 1.807) is 19.4 Å². The van der Waals surface area contributed by atoms with Gasteiger partial charge in [0.2, 0.25) is 0 Å². The van der Waals surface area contributed by atoms with Crippen molar-refractivity contribution in [3.63, 3.8) is 0 Å². The van der Waals surface area contributed by atoms with Gasteiger partial charge in [-0.15, -0.1) is 0 Å². The maximum absolute atomic E-state index is 11.7. The molecule has 0 amide bonds. The Bertz CT molecular complexity index is 668. The van der Waals surface area contributed by atoms with Gasteiger partial charge >= 0.3 is 0 Å². The molecule has 0 atom stereocenters. The fourth-order valence-electron chi connectivity index (χ4n) is 1.65. The highest BCUT2D eigenvalue weighted by Gasteiger charge is 2.06. The van der Waals surface area contributed by atoms with Gasteiger partial charge in [-0.25, -0.2) is 9.67 Å². The molecule has 6 nitrogen and oxygen atoms in total. The van der Waals surface area contributed by atoms with Crippen LogP contribution in [0.1, 0.15) is 5.56 Å². The van der Waals surface area contributed by atoms with E-state index < -0.39 is 0 Å². The minimum Gasteiger partial charge on any atom is -0.379 e. The summed E-state index contributed by atoms with van der Waals surface area (Å²) >= 11 is 3.29. The lowest BCUT2D eigenvalue weighted by Gasteiger charge is -2.13. The fraction of sp³-hybridized carbons (Fsp3) is 0.308. The number of aromatic nitrogens is 3. The van der Waals surface area contributed by atoms with Gasteiger partial charge in [-0.3, -0.25) is 4.79 Å². The van der Waals surface area contributed by atoms with Gasteiger partial charge in [-0.2, -0.15) is 5.10 Å². The molecule has 106 valence electrons. The predicted octanol–water partition coefficient (Wildman–Crippen LogP) is 1.62. The fourth-order valence-corrected chi connectivity index (χ4v) is 2.15. The molecule has 7 heteroatoms. The van der Waals surface area contributed by atoms with E-state index >= 15 is 0 Å². The summed E-state index contributed by atoms with van der Waals surface area (Å²) in [5, 5.41) is 7.18. The minimum atomic E-state index is -0.168. The Morgan fingerprint density at radius 2 is 2.20 bits per heavy atom. The number of pyridine rings is 1. The first-order valence-electron chi connectivity index (χ1n) is 6.07. The molecule has 0 aliphatic carbocycles. The highest BCUT2D eigenvalue weighted by Crippen LogP contribution is 2.17. The van der Waals surface area contributed by atoms with Crippen LogP contribution in [0.15, 0.2) is 33.8 Å². The molecule has 0 unspecified atom stereocenters. The Balaban J connectivity index is 2.15. The van der Waals surface area contributed by atoms with Crippen LogP contribution < -0.4 is 15.8 Å². The molecule has 0 radical (unpaired) electrons. The first kappa shape index (κ1) is 14.5. The summed E-state index contributed by atoms with van der Waals surface area (Å²) in [6.45, 7) is 0.594. The van der Waals surface area contributed by atoms with Crippen molar-refractivity contribution in [1.82, 2.24) is 14.8 Å². The molecule has 1 N–H and O–H groups in total. The monoisotopic (exact) mass is 337 g/mol. The van der Waals surface area contributed by atoms with Crippen LogP contribution >= 0.6 is 15.9 Å². The zero-order chi connectivity index (χ0) is 14.7. The highest BCUT2D eigenvalue weighted by atomic mass is 79.9. The van der Waals surface area contributed by atoms with Crippen LogP contribution in [-0.2, 0) is 13.6 Å². The van der Waals surface area contributed by atoms with Crippen molar-refractivity contribution < 1.29 is 0 Å². The van der Waals surface area contributed by atoms with Crippen molar-refractivity contribution in [2.75, 3.05) is 24.3 Å². The third-order valence-corrected chi connectivity index (χ3v) is 3.60. The van der Waals surface area contributed by atoms with E-state index in [0.717, 1.165) is 11.4 Å². The second-order valence-electron chi connectivity index (χ2n) is 4.57. The van der Waals surface area contributed by atoms with Crippen molar-refractivity contribution in [3.05, 3.63) is 44.9 Å². The molecule has 0 fully saturated rings. The van der Waals surface area contributed by atoms with Crippen molar-refractivity contribution in [2.24, 2.45) is 7.05 Å². The normalized spacial score (nSPS) is 10.4. The van der Waals surface area contributed by atoms with E-state index in [0.29, 0.717) is 16.7 Å². The average Bonchev–Trinajstić information content (AvgIpc) is 2.44. The number of hydrogen-bond donors (Lipinski definition) is 1. The quantitative estimate of drug-likeness (QED) is 0.918. The van der Waals surface area contributed by atoms with Crippen molar-refractivity contribution >= 4 is 27.4 Å². The maximum Gasteiger partial charge on any atom is 0.282 e. The van der Waals surface area contributed by atoms with Gasteiger partial charge in [0, 0.05) is 33.9 Å². The SMILES string of the molecule is CN(C)c1cc(CNc2cnn(C)c(=O)c2Br)ccn1. The summed E-state index contributed by atoms with van der Waals surface area (Å²) < 4.78 is 1.77. The van der Waals surface area contributed by atoms with Gasteiger partial charge in [0.1, 0.15) is 10.3 Å². The van der Waals surface area contributed by atoms with Gasteiger partial charge in [-0.1, -0.05) is 0 Å². The second-order valence-corrected chi connectivity index (χ2v) is 5.36. The molecule has 2 aromatic rings. The summed E-state index contributed by atoms with van der Waals surface area (Å²) in [6.07, 6.45) is 3.39. The Hall–Kier alpha value is -1.89. The average molecular weight is 338 g/mol. The van der Waals surface area contributed by atoms with Crippen LogP contribution in [0.5, 0.6) is 0 Å². The van der Waals surface area contributed by atoms with E-state index in [1.165, 1.54) is 4.68 Å². The lowest BCUT2D eigenvalue weighted by molar-refractivity contribution is 0.703. The van der Waals surface area contributed by atoms with Gasteiger partial charge in [-0.05, 0) is 33.6 Å². The molecule has 0 bridgehead atoms. The van der Waals surface area contributed by atoms with Gasteiger partial charge in [0.15, 0.2) is 0 Å². The van der Waals surface area contributed by atoms with Crippen LogP contribution in [0.3, 0.4) is 0 Å². The van der Waals surface area contributed by atoms with Crippen LogP contribution in [0.4, 0.5) is 11.5 Å². The molecular weight excluding hydrogens is 322 g/mol. The molecule has 2 heterocycles. The second kappa shape index (κ2) is 6.04. The van der Waals surface area contributed by atoms with Crippen molar-refractivity contribution in [1.29, 1.82) is 0 Å². The standard InChI is InChI=1S/C13H16BrN5O/c1-18(2)11-6-9(4-5-15-11)7-16-10-8-17-19(3)13(20)12(10)14/h4-6,8,16H,7H2,1-3H3. The smallest absolute Gasteiger partial charge is 0.282 e. The lowest BCUT2D eigenvalue weighted by Crippen LogP contribution is -2.21. The maximum atomic E-state index is 11.7. The first-order chi connectivity index (χ1) is 9.49. The number of nitrogens with one attached hydrogen (secondary N) is 1. The number of aryl methyl sites for hydroxylation is 1. The van der Waals surface area contributed by atoms with E-state index in [9.17, 15) is 4.79 Å². The molecule has 0 aromatic carbocycles. The number of nitrogens with zero attached hydrogens (tertiary/aromatic N) is 4. The van der Waals surface area contributed by atoms with Gasteiger partial charge in [0.05, 0.1) is 11.9 Å². The zero-order valence-corrected chi connectivity index (χ0v) is 13.2. The molecule has 0 spiro atoms. The Kier molecular flexibility index (Phi) is 4.39. The van der Waals surface area contributed by atoms with Crippen LogP contribution in [-0.4, -0.2) is 28.9 Å². The molecule has 0 aliphatic rings. The van der Waals surface area contributed by atoms with Gasteiger partial charge < -0.3 is 10.2 Å². The summed E-state index contributed by atoms with van der Waals surface area (Å²) in [5.74, 6) is 0.894. The first-order valence-corrected chi connectivity index (χ1v) is 6.86. The number of anilines is 2. The largest absolute Gasteiger partial charge is 0.379 e. The number of rotatable bonds is 4. The molecule has 20 heavy (non-hydrogen) atoms. The molecule has 0 saturated carbocycles. The Morgan fingerprint density at radius 3 is 2.90 bits per heavy atom. The summed E-state index contributed by atoms with van der Waals surface area (Å²) in [7, 11) is 5.50. The topological polar surface area (TPSA) is 63.1 Å². The van der Waals surface area contributed by atoms with Crippen molar-refractivity contribution in [3.8, 4) is 0 Å². The van der Waals surface area contributed by atoms with E-state index in [1.807, 2.05) is 31.1 Å². The summed E-state index contributed by atoms with van der Waals surface area (Å²) in [6, 6.07) is 3.93. The zero-order valence-electron chi connectivity index (χ0n) is 11.6.